The highest BCUT2D eigenvalue weighted by Crippen LogP contribution is 2.27. The Kier molecular flexibility index (Phi) is 6.08. The summed E-state index contributed by atoms with van der Waals surface area (Å²) in [6.45, 7) is -0.525. The van der Waals surface area contributed by atoms with E-state index in [9.17, 15) is 8.78 Å². The van der Waals surface area contributed by atoms with Gasteiger partial charge >= 0.3 is 6.61 Å². The van der Waals surface area contributed by atoms with Gasteiger partial charge in [0.25, 0.3) is 0 Å². The fourth-order valence-electron chi connectivity index (χ4n) is 3.32. The number of nitrogens with one attached hydrogen (secondary N) is 2. The molecule has 0 spiro atoms. The standard InChI is InChI=1S/C23H20F2N4OS/c1-15-9-10-19(20(13-15)30-22(24)25)26-23(31)27-21-11-12-29(28-21)14-17-7-4-6-16-5-2-3-8-18(16)17/h2-13,22H,14H2,1H3,(H2,26,27,28,31). The summed E-state index contributed by atoms with van der Waals surface area (Å²) in [5.41, 5.74) is 2.30. The fraction of sp³-hybridized carbons (Fsp3) is 0.130. The molecule has 8 heteroatoms. The highest BCUT2D eigenvalue weighted by molar-refractivity contribution is 7.80. The van der Waals surface area contributed by atoms with Crippen molar-refractivity contribution in [2.75, 3.05) is 10.6 Å². The van der Waals surface area contributed by atoms with Crippen LogP contribution in [0.25, 0.3) is 10.8 Å². The van der Waals surface area contributed by atoms with Gasteiger partial charge in [-0.25, -0.2) is 0 Å². The predicted molar refractivity (Wildman–Crippen MR) is 123 cm³/mol. The minimum absolute atomic E-state index is 0.0284. The number of alkyl halides is 2. The van der Waals surface area contributed by atoms with Crippen molar-refractivity contribution in [2.45, 2.75) is 20.1 Å². The molecule has 0 aliphatic carbocycles. The zero-order chi connectivity index (χ0) is 21.8. The minimum atomic E-state index is -2.92. The molecule has 4 aromatic rings. The van der Waals surface area contributed by atoms with Crippen molar-refractivity contribution in [3.63, 3.8) is 0 Å². The van der Waals surface area contributed by atoms with Crippen molar-refractivity contribution in [3.05, 3.63) is 84.1 Å². The molecule has 0 atom stereocenters. The number of thiocarbonyl (C=S) groups is 1. The van der Waals surface area contributed by atoms with Crippen LogP contribution < -0.4 is 15.4 Å². The van der Waals surface area contributed by atoms with E-state index in [2.05, 4.69) is 44.7 Å². The number of aryl methyl sites for hydroxylation is 1. The van der Waals surface area contributed by atoms with Gasteiger partial charge in [-0.05, 0) is 53.2 Å². The first-order chi connectivity index (χ1) is 15.0. The molecule has 0 radical (unpaired) electrons. The third-order valence-electron chi connectivity index (χ3n) is 4.70. The molecular formula is C23H20F2N4OS. The summed E-state index contributed by atoms with van der Waals surface area (Å²) in [4.78, 5) is 0. The smallest absolute Gasteiger partial charge is 0.387 e. The molecule has 0 aliphatic rings. The molecule has 31 heavy (non-hydrogen) atoms. The van der Waals surface area contributed by atoms with Gasteiger partial charge in [-0.2, -0.15) is 13.9 Å². The van der Waals surface area contributed by atoms with E-state index < -0.39 is 6.61 Å². The number of anilines is 2. The molecule has 5 nitrogen and oxygen atoms in total. The lowest BCUT2D eigenvalue weighted by atomic mass is 10.0. The Morgan fingerprint density at radius 1 is 1.06 bits per heavy atom. The van der Waals surface area contributed by atoms with E-state index in [1.807, 2.05) is 29.1 Å². The van der Waals surface area contributed by atoms with Crippen LogP contribution in [0.1, 0.15) is 11.1 Å². The van der Waals surface area contributed by atoms with E-state index in [-0.39, 0.29) is 10.9 Å². The topological polar surface area (TPSA) is 51.1 Å². The molecule has 0 saturated heterocycles. The van der Waals surface area contributed by atoms with Crippen LogP contribution in [0.4, 0.5) is 20.3 Å². The lowest BCUT2D eigenvalue weighted by Gasteiger charge is -2.14. The summed E-state index contributed by atoms with van der Waals surface area (Å²) >= 11 is 5.31. The molecule has 1 aromatic heterocycles. The second-order valence-corrected chi connectivity index (χ2v) is 7.40. The molecule has 0 saturated carbocycles. The van der Waals surface area contributed by atoms with Crippen molar-refractivity contribution in [1.29, 1.82) is 0 Å². The van der Waals surface area contributed by atoms with E-state index in [0.29, 0.717) is 18.1 Å². The number of aromatic nitrogens is 2. The monoisotopic (exact) mass is 438 g/mol. The average molecular weight is 439 g/mol. The molecular weight excluding hydrogens is 418 g/mol. The normalized spacial score (nSPS) is 11.0. The zero-order valence-electron chi connectivity index (χ0n) is 16.7. The van der Waals surface area contributed by atoms with Crippen molar-refractivity contribution in [2.24, 2.45) is 0 Å². The molecule has 0 bridgehead atoms. The molecule has 158 valence electrons. The van der Waals surface area contributed by atoms with Gasteiger partial charge in [0.05, 0.1) is 12.2 Å². The number of rotatable bonds is 6. The Morgan fingerprint density at radius 2 is 1.87 bits per heavy atom. The lowest BCUT2D eigenvalue weighted by Crippen LogP contribution is -2.20. The summed E-state index contributed by atoms with van der Waals surface area (Å²) in [5, 5.41) is 12.9. The van der Waals surface area contributed by atoms with Crippen LogP contribution in [-0.2, 0) is 6.54 Å². The number of ether oxygens (including phenoxy) is 1. The summed E-state index contributed by atoms with van der Waals surface area (Å²) in [5.74, 6) is 0.571. The van der Waals surface area contributed by atoms with Crippen molar-refractivity contribution >= 4 is 39.6 Å². The number of halogens is 2. The first-order valence-corrected chi connectivity index (χ1v) is 10.0. The summed E-state index contributed by atoms with van der Waals surface area (Å²) in [6, 6.07) is 21.1. The molecule has 0 fully saturated rings. The van der Waals surface area contributed by atoms with Crippen molar-refractivity contribution < 1.29 is 13.5 Å². The van der Waals surface area contributed by atoms with Crippen LogP contribution in [0.5, 0.6) is 5.75 Å². The van der Waals surface area contributed by atoms with Gasteiger partial charge in [0.15, 0.2) is 10.9 Å². The Hall–Kier alpha value is -3.52. The van der Waals surface area contributed by atoms with Crippen LogP contribution >= 0.6 is 12.2 Å². The number of hydrogen-bond donors (Lipinski definition) is 2. The minimum Gasteiger partial charge on any atom is -0.433 e. The fourth-order valence-corrected chi connectivity index (χ4v) is 3.53. The molecule has 1 heterocycles. The van der Waals surface area contributed by atoms with Gasteiger partial charge < -0.3 is 15.4 Å². The van der Waals surface area contributed by atoms with Gasteiger partial charge in [-0.3, -0.25) is 4.68 Å². The van der Waals surface area contributed by atoms with Gasteiger partial charge in [0.1, 0.15) is 5.75 Å². The first-order valence-electron chi connectivity index (χ1n) is 9.61. The van der Waals surface area contributed by atoms with Crippen molar-refractivity contribution in [3.8, 4) is 5.75 Å². The average Bonchev–Trinajstić information content (AvgIpc) is 3.16. The van der Waals surface area contributed by atoms with Gasteiger partial charge in [-0.1, -0.05) is 48.5 Å². The van der Waals surface area contributed by atoms with E-state index in [4.69, 9.17) is 12.2 Å². The number of benzene rings is 3. The maximum Gasteiger partial charge on any atom is 0.387 e. The maximum atomic E-state index is 12.7. The Balaban J connectivity index is 1.44. The third kappa shape index (κ3) is 5.16. The second-order valence-electron chi connectivity index (χ2n) is 6.99. The van der Waals surface area contributed by atoms with Crippen LogP contribution in [0.2, 0.25) is 0 Å². The Morgan fingerprint density at radius 3 is 2.71 bits per heavy atom. The summed E-state index contributed by atoms with van der Waals surface area (Å²) < 4.78 is 31.8. The highest BCUT2D eigenvalue weighted by atomic mass is 32.1. The van der Waals surface area contributed by atoms with E-state index in [1.165, 1.54) is 16.8 Å². The highest BCUT2D eigenvalue weighted by Gasteiger charge is 2.12. The van der Waals surface area contributed by atoms with Gasteiger partial charge in [-0.15, -0.1) is 0 Å². The summed E-state index contributed by atoms with van der Waals surface area (Å²) in [7, 11) is 0. The second kappa shape index (κ2) is 9.09. The zero-order valence-corrected chi connectivity index (χ0v) is 17.5. The van der Waals surface area contributed by atoms with E-state index in [0.717, 1.165) is 11.1 Å². The third-order valence-corrected chi connectivity index (χ3v) is 4.90. The molecule has 3 aromatic carbocycles. The quantitative estimate of drug-likeness (QED) is 0.373. The number of hydrogen-bond acceptors (Lipinski definition) is 3. The van der Waals surface area contributed by atoms with Gasteiger partial charge in [0.2, 0.25) is 0 Å². The van der Waals surface area contributed by atoms with E-state index >= 15 is 0 Å². The first kappa shape index (κ1) is 20.7. The lowest BCUT2D eigenvalue weighted by molar-refractivity contribution is -0.0493. The van der Waals surface area contributed by atoms with Crippen LogP contribution in [0, 0.1) is 6.92 Å². The van der Waals surface area contributed by atoms with Crippen molar-refractivity contribution in [1.82, 2.24) is 9.78 Å². The van der Waals surface area contributed by atoms with Crippen LogP contribution in [-0.4, -0.2) is 21.5 Å². The predicted octanol–water partition coefficient (Wildman–Crippen LogP) is 5.80. The summed E-state index contributed by atoms with van der Waals surface area (Å²) in [6.07, 6.45) is 1.85. The maximum absolute atomic E-state index is 12.7. The Labute approximate surface area is 183 Å². The molecule has 2 N–H and O–H groups in total. The SMILES string of the molecule is Cc1ccc(NC(=S)Nc2ccn(Cc3cccc4ccccc34)n2)c(OC(F)F)c1. The molecule has 4 rings (SSSR count). The van der Waals surface area contributed by atoms with Gasteiger partial charge in [0, 0.05) is 12.3 Å². The molecule has 0 amide bonds. The molecule has 0 unspecified atom stereocenters. The Bertz CT molecular complexity index is 1220. The van der Waals surface area contributed by atoms with Crippen LogP contribution in [0.3, 0.4) is 0 Å². The largest absolute Gasteiger partial charge is 0.433 e. The van der Waals surface area contributed by atoms with E-state index in [1.54, 1.807) is 25.1 Å². The number of fused-ring (bicyclic) bond motifs is 1. The number of nitrogens with zero attached hydrogens (tertiary/aromatic N) is 2. The molecule has 0 aliphatic heterocycles. The van der Waals surface area contributed by atoms with Crippen LogP contribution in [0.15, 0.2) is 72.9 Å².